The molecular weight excluding hydrogens is 258 g/mol. The highest BCUT2D eigenvalue weighted by atomic mass is 16.5. The van der Waals surface area contributed by atoms with E-state index in [-0.39, 0.29) is 18.9 Å². The maximum absolute atomic E-state index is 12.2. The van der Waals surface area contributed by atoms with Gasteiger partial charge < -0.3 is 10.5 Å². The molecule has 1 aliphatic rings. The monoisotopic (exact) mass is 273 g/mol. The molecule has 1 aromatic rings. The number of nitrogens with two attached hydrogens (primary N) is 1. The van der Waals surface area contributed by atoms with Crippen LogP contribution in [-0.4, -0.2) is 48.9 Å². The number of nitrogens with zero attached hydrogens (tertiary/aromatic N) is 2. The van der Waals surface area contributed by atoms with E-state index in [1.54, 1.807) is 29.2 Å². The van der Waals surface area contributed by atoms with Crippen molar-refractivity contribution in [2.24, 2.45) is 5.73 Å². The lowest BCUT2D eigenvalue weighted by atomic mass is 10.1. The van der Waals surface area contributed by atoms with Gasteiger partial charge in [-0.05, 0) is 12.1 Å². The minimum atomic E-state index is -0.564. The number of nitriles is 1. The Morgan fingerprint density at radius 2 is 2.10 bits per heavy atom. The number of hydrogen-bond acceptors (Lipinski definition) is 5. The van der Waals surface area contributed by atoms with Crippen molar-refractivity contribution in [2.45, 2.75) is 6.04 Å². The Morgan fingerprint density at radius 1 is 1.40 bits per heavy atom. The molecule has 0 radical (unpaired) electrons. The molecule has 1 atom stereocenters. The van der Waals surface area contributed by atoms with Crippen LogP contribution in [0, 0.1) is 11.3 Å². The van der Waals surface area contributed by atoms with Gasteiger partial charge in [0, 0.05) is 12.1 Å². The average Bonchev–Trinajstić information content (AvgIpc) is 2.47. The van der Waals surface area contributed by atoms with Crippen molar-refractivity contribution in [3.05, 3.63) is 35.4 Å². The summed E-state index contributed by atoms with van der Waals surface area (Å²) in [5.41, 5.74) is 6.32. The predicted molar refractivity (Wildman–Crippen MR) is 70.9 cm³/mol. The van der Waals surface area contributed by atoms with E-state index in [0.29, 0.717) is 24.3 Å². The van der Waals surface area contributed by atoms with Gasteiger partial charge in [0.1, 0.15) is 6.04 Å². The first-order valence-corrected chi connectivity index (χ1v) is 6.26. The molecule has 1 unspecified atom stereocenters. The number of amides is 1. The zero-order chi connectivity index (χ0) is 14.5. The van der Waals surface area contributed by atoms with Crippen molar-refractivity contribution in [3.63, 3.8) is 0 Å². The lowest BCUT2D eigenvalue weighted by Gasteiger charge is -2.32. The minimum Gasteiger partial charge on any atom is -0.378 e. The Bertz CT molecular complexity index is 548. The highest BCUT2D eigenvalue weighted by molar-refractivity contribution is 5.98. The first kappa shape index (κ1) is 14.2. The van der Waals surface area contributed by atoms with Gasteiger partial charge in [-0.3, -0.25) is 14.5 Å². The Morgan fingerprint density at radius 3 is 2.70 bits per heavy atom. The summed E-state index contributed by atoms with van der Waals surface area (Å²) in [6, 6.07) is 7.85. The van der Waals surface area contributed by atoms with Gasteiger partial charge in [0.25, 0.3) is 0 Å². The number of benzene rings is 1. The predicted octanol–water partition coefficient (Wildman–Crippen LogP) is -0.0729. The van der Waals surface area contributed by atoms with Crippen LogP contribution < -0.4 is 5.73 Å². The molecule has 1 saturated heterocycles. The fourth-order valence-corrected chi connectivity index (χ4v) is 2.10. The molecule has 0 bridgehead atoms. The van der Waals surface area contributed by atoms with E-state index >= 15 is 0 Å². The zero-order valence-electron chi connectivity index (χ0n) is 10.9. The van der Waals surface area contributed by atoms with Crippen molar-refractivity contribution < 1.29 is 14.3 Å². The number of ether oxygens (including phenoxy) is 1. The third-order valence-electron chi connectivity index (χ3n) is 3.25. The fourth-order valence-electron chi connectivity index (χ4n) is 2.10. The van der Waals surface area contributed by atoms with Crippen LogP contribution in [0.3, 0.4) is 0 Å². The summed E-state index contributed by atoms with van der Waals surface area (Å²) in [5, 5.41) is 8.72. The number of carbonyl (C=O) groups excluding carboxylic acids is 2. The summed E-state index contributed by atoms with van der Waals surface area (Å²) in [5.74, 6) is -0.597. The van der Waals surface area contributed by atoms with E-state index < -0.39 is 11.9 Å². The van der Waals surface area contributed by atoms with Gasteiger partial charge in [0.05, 0.1) is 31.4 Å². The minimum absolute atomic E-state index is 0.109. The van der Waals surface area contributed by atoms with Crippen molar-refractivity contribution in [1.29, 1.82) is 5.26 Å². The van der Waals surface area contributed by atoms with Crippen LogP contribution >= 0.6 is 0 Å². The summed E-state index contributed by atoms with van der Waals surface area (Å²) in [6.45, 7) is 1.30. The summed E-state index contributed by atoms with van der Waals surface area (Å²) in [4.78, 5) is 25.2. The van der Waals surface area contributed by atoms with Crippen molar-refractivity contribution in [2.75, 3.05) is 26.3 Å². The third-order valence-corrected chi connectivity index (χ3v) is 3.25. The molecule has 1 heterocycles. The molecule has 0 aromatic heterocycles. The second-order valence-corrected chi connectivity index (χ2v) is 4.58. The van der Waals surface area contributed by atoms with Crippen molar-refractivity contribution in [1.82, 2.24) is 4.90 Å². The lowest BCUT2D eigenvalue weighted by molar-refractivity contribution is -0.128. The highest BCUT2D eigenvalue weighted by Gasteiger charge is 2.29. The summed E-state index contributed by atoms with van der Waals surface area (Å²) < 4.78 is 5.20. The Kier molecular flexibility index (Phi) is 4.45. The van der Waals surface area contributed by atoms with Gasteiger partial charge in [0.2, 0.25) is 5.91 Å². The van der Waals surface area contributed by atoms with E-state index in [2.05, 4.69) is 0 Å². The largest absolute Gasteiger partial charge is 0.378 e. The van der Waals surface area contributed by atoms with E-state index in [9.17, 15) is 9.59 Å². The molecule has 1 aromatic carbocycles. The van der Waals surface area contributed by atoms with E-state index in [0.717, 1.165) is 0 Å². The Labute approximate surface area is 116 Å². The van der Waals surface area contributed by atoms with Gasteiger partial charge in [-0.25, -0.2) is 0 Å². The first-order valence-electron chi connectivity index (χ1n) is 6.26. The number of hydrogen-bond donors (Lipinski definition) is 1. The number of primary amides is 1. The molecule has 0 saturated carbocycles. The highest BCUT2D eigenvalue weighted by Crippen LogP contribution is 2.10. The van der Waals surface area contributed by atoms with E-state index in [4.69, 9.17) is 15.7 Å². The summed E-state index contributed by atoms with van der Waals surface area (Å²) >= 11 is 0. The molecule has 20 heavy (non-hydrogen) atoms. The maximum Gasteiger partial charge on any atom is 0.237 e. The third kappa shape index (κ3) is 3.20. The molecule has 2 rings (SSSR count). The second kappa shape index (κ2) is 6.28. The standard InChI is InChI=1S/C14H15N3O3/c15-7-10-1-3-11(4-2-10)13(18)8-17-5-6-20-9-12(17)14(16)19/h1-4,12H,5-6,8-9H2,(H2,16,19). The SMILES string of the molecule is N#Cc1ccc(C(=O)CN2CCOCC2C(N)=O)cc1. The molecule has 0 spiro atoms. The van der Waals surface area contributed by atoms with Crippen molar-refractivity contribution >= 4 is 11.7 Å². The molecule has 6 heteroatoms. The first-order chi connectivity index (χ1) is 9.61. The number of Topliss-reactive ketones (excluding diaryl/α,β-unsaturated/α-hetero) is 1. The quantitative estimate of drug-likeness (QED) is 0.774. The molecule has 6 nitrogen and oxygen atoms in total. The van der Waals surface area contributed by atoms with Crippen LogP contribution in [0.2, 0.25) is 0 Å². The van der Waals surface area contributed by atoms with Gasteiger partial charge in [0.15, 0.2) is 5.78 Å². The summed E-state index contributed by atoms with van der Waals surface area (Å²) in [6.07, 6.45) is 0. The summed E-state index contributed by atoms with van der Waals surface area (Å²) in [7, 11) is 0. The number of carbonyl (C=O) groups is 2. The van der Waals surface area contributed by atoms with Gasteiger partial charge in [-0.15, -0.1) is 0 Å². The second-order valence-electron chi connectivity index (χ2n) is 4.58. The van der Waals surface area contributed by atoms with Crippen LogP contribution in [0.5, 0.6) is 0 Å². The van der Waals surface area contributed by atoms with Crippen LogP contribution in [0.4, 0.5) is 0 Å². The molecule has 2 N–H and O–H groups in total. The maximum atomic E-state index is 12.2. The van der Waals surface area contributed by atoms with Gasteiger partial charge >= 0.3 is 0 Å². The number of rotatable bonds is 4. The lowest BCUT2D eigenvalue weighted by Crippen LogP contribution is -2.53. The number of morpholine rings is 1. The van der Waals surface area contributed by atoms with Gasteiger partial charge in [-0.2, -0.15) is 5.26 Å². The molecule has 1 amide bonds. The van der Waals surface area contributed by atoms with Crippen LogP contribution in [-0.2, 0) is 9.53 Å². The zero-order valence-corrected chi connectivity index (χ0v) is 10.9. The molecule has 1 aliphatic heterocycles. The Balaban J connectivity index is 2.05. The molecule has 104 valence electrons. The van der Waals surface area contributed by atoms with E-state index in [1.807, 2.05) is 6.07 Å². The van der Waals surface area contributed by atoms with Crippen LogP contribution in [0.1, 0.15) is 15.9 Å². The fraction of sp³-hybridized carbons (Fsp3) is 0.357. The Hall–Kier alpha value is -2.23. The normalized spacial score (nSPS) is 19.2. The van der Waals surface area contributed by atoms with Gasteiger partial charge in [-0.1, -0.05) is 12.1 Å². The van der Waals surface area contributed by atoms with Crippen molar-refractivity contribution in [3.8, 4) is 6.07 Å². The molecule has 1 fully saturated rings. The smallest absolute Gasteiger partial charge is 0.237 e. The average molecular weight is 273 g/mol. The molecular formula is C14H15N3O3. The molecule has 0 aliphatic carbocycles. The van der Waals surface area contributed by atoms with Crippen LogP contribution in [0.15, 0.2) is 24.3 Å². The topological polar surface area (TPSA) is 96.4 Å². The van der Waals surface area contributed by atoms with Crippen LogP contribution in [0.25, 0.3) is 0 Å². The van der Waals surface area contributed by atoms with E-state index in [1.165, 1.54) is 0 Å². The number of ketones is 1.